The van der Waals surface area contributed by atoms with Gasteiger partial charge in [-0.15, -0.1) is 0 Å². The summed E-state index contributed by atoms with van der Waals surface area (Å²) in [6.45, 7) is 0.0685. The lowest BCUT2D eigenvalue weighted by Crippen LogP contribution is -2.74. The quantitative estimate of drug-likeness (QED) is 0.166. The summed E-state index contributed by atoms with van der Waals surface area (Å²) in [6, 6.07) is 70.0. The fraction of sp³-hybridized carbons (Fsp3) is 0. The minimum atomic E-state index is -0.0417. The number of ether oxygens (including phenoxy) is 1. The molecule has 0 N–H and O–H groups in total. The average Bonchev–Trinajstić information content (AvgIpc) is 3.34. The molecule has 0 radical (unpaired) electrons. The number of nitrogens with zero attached hydrogens (tertiary/aromatic N) is 4. The molecule has 0 amide bonds. The van der Waals surface area contributed by atoms with E-state index >= 15 is 0 Å². The van der Waals surface area contributed by atoms with Crippen molar-refractivity contribution in [2.75, 3.05) is 19.6 Å². The number of para-hydroxylation sites is 8. The predicted octanol–water partition coefficient (Wildman–Crippen LogP) is 7.10. The molecular formula is C54H31B3N4O. The maximum atomic E-state index is 7.01. The summed E-state index contributed by atoms with van der Waals surface area (Å²) in [5.41, 5.74) is 26.8. The molecule has 282 valence electrons. The monoisotopic (exact) mass is 784 g/mol. The zero-order valence-corrected chi connectivity index (χ0v) is 33.3. The molecule has 62 heavy (non-hydrogen) atoms. The number of hydrogen-bond donors (Lipinski definition) is 0. The standard InChI is InChI=1S/C54H31B3N4O/c1-2-16-32(17-3-1)58-44-28-14-15-29-47(44)62-48-31-45-38(30-46(48)58)57-37-22-8-12-26-42(37)60-41-25-11-5-19-34(41)55-33-18-4-9-23-39(33)59-40-24-10-6-20-35(40)56-36-21-7-13-27-43(36)61(45)54-50(56)52(59)49(55)53(60)51(54)57/h1-31H. The van der Waals surface area contributed by atoms with E-state index < -0.39 is 0 Å². The van der Waals surface area contributed by atoms with E-state index in [0.717, 1.165) is 28.6 Å². The molecule has 7 aliphatic heterocycles. The van der Waals surface area contributed by atoms with Gasteiger partial charge < -0.3 is 24.3 Å². The summed E-state index contributed by atoms with van der Waals surface area (Å²) >= 11 is 0. The Kier molecular flexibility index (Phi) is 5.73. The summed E-state index contributed by atoms with van der Waals surface area (Å²) in [6.07, 6.45) is 0. The molecule has 16 rings (SSSR count). The number of benzene rings is 9. The van der Waals surface area contributed by atoms with Crippen molar-refractivity contribution in [3.8, 4) is 11.5 Å². The average molecular weight is 784 g/mol. The molecule has 0 atom stereocenters. The van der Waals surface area contributed by atoms with Crippen LogP contribution in [0.3, 0.4) is 0 Å². The molecule has 7 aliphatic rings. The zero-order chi connectivity index (χ0) is 39.9. The van der Waals surface area contributed by atoms with Gasteiger partial charge in [-0.2, -0.15) is 0 Å². The van der Waals surface area contributed by atoms with Gasteiger partial charge in [-0.05, 0) is 110 Å². The number of anilines is 12. The topological polar surface area (TPSA) is 22.2 Å². The molecule has 0 unspecified atom stereocenters. The largest absolute Gasteiger partial charge is 0.453 e. The van der Waals surface area contributed by atoms with Crippen LogP contribution in [0.25, 0.3) is 0 Å². The van der Waals surface area contributed by atoms with Crippen LogP contribution < -0.4 is 73.5 Å². The molecule has 7 heterocycles. The summed E-state index contributed by atoms with van der Waals surface area (Å²) in [7, 11) is 0. The van der Waals surface area contributed by atoms with Crippen molar-refractivity contribution in [2.24, 2.45) is 0 Å². The molecule has 0 spiro atoms. The molecular weight excluding hydrogens is 753 g/mol. The molecule has 9 aromatic carbocycles. The van der Waals surface area contributed by atoms with Crippen LogP contribution in [0.1, 0.15) is 0 Å². The van der Waals surface area contributed by atoms with Gasteiger partial charge in [0, 0.05) is 62.9 Å². The lowest BCUT2D eigenvalue weighted by molar-refractivity contribution is 0.477. The van der Waals surface area contributed by atoms with Crippen LogP contribution in [-0.4, -0.2) is 20.1 Å². The van der Waals surface area contributed by atoms with Crippen molar-refractivity contribution >= 4 is 138 Å². The van der Waals surface area contributed by atoms with E-state index in [2.05, 4.69) is 208 Å². The molecule has 0 bridgehead atoms. The van der Waals surface area contributed by atoms with E-state index in [1.165, 1.54) is 100 Å². The second kappa shape index (κ2) is 11.1. The van der Waals surface area contributed by atoms with Gasteiger partial charge >= 0.3 is 0 Å². The molecule has 5 nitrogen and oxygen atoms in total. The lowest BCUT2D eigenvalue weighted by atomic mass is 9.24. The SMILES string of the molecule is c1ccc(N2c3ccccc3Oc3cc4c(cc32)B2c3ccccc3N3c5ccccc5B5c6ccccc6N6c7ccccc7B7c8ccccc8N4c4c7c6c5c3c42)cc1. The second-order valence-corrected chi connectivity index (χ2v) is 17.5. The minimum absolute atomic E-state index is 0.0417. The molecule has 0 saturated heterocycles. The molecule has 8 heteroatoms. The van der Waals surface area contributed by atoms with Crippen LogP contribution in [0.5, 0.6) is 11.5 Å². The number of fused-ring (bicyclic) bond motifs is 20. The summed E-state index contributed by atoms with van der Waals surface area (Å²) in [5.74, 6) is 1.70. The Bertz CT molecular complexity index is 3520. The van der Waals surface area contributed by atoms with Crippen molar-refractivity contribution in [3.63, 3.8) is 0 Å². The first kappa shape index (κ1) is 32.0. The van der Waals surface area contributed by atoms with Crippen LogP contribution in [0.2, 0.25) is 0 Å². The van der Waals surface area contributed by atoms with Crippen LogP contribution in [-0.2, 0) is 0 Å². The maximum Gasteiger partial charge on any atom is 0.252 e. The second-order valence-electron chi connectivity index (χ2n) is 17.5. The summed E-state index contributed by atoms with van der Waals surface area (Å²) < 4.78 is 7.01. The summed E-state index contributed by atoms with van der Waals surface area (Å²) in [5, 5.41) is 0. The third-order valence-corrected chi connectivity index (χ3v) is 14.8. The Morgan fingerprint density at radius 3 is 1.11 bits per heavy atom. The Morgan fingerprint density at radius 1 is 0.274 bits per heavy atom. The van der Waals surface area contributed by atoms with Gasteiger partial charge in [-0.1, -0.05) is 121 Å². The van der Waals surface area contributed by atoms with Crippen molar-refractivity contribution in [2.45, 2.75) is 0 Å². The third kappa shape index (κ3) is 3.62. The zero-order valence-electron chi connectivity index (χ0n) is 33.3. The Balaban J connectivity index is 1.10. The van der Waals surface area contributed by atoms with Crippen molar-refractivity contribution in [1.82, 2.24) is 0 Å². The van der Waals surface area contributed by atoms with E-state index in [-0.39, 0.29) is 20.1 Å². The molecule has 0 aromatic heterocycles. The first-order valence-electron chi connectivity index (χ1n) is 21.7. The Morgan fingerprint density at radius 2 is 0.645 bits per heavy atom. The van der Waals surface area contributed by atoms with Gasteiger partial charge in [0.2, 0.25) is 0 Å². The molecule has 0 saturated carbocycles. The number of rotatable bonds is 1. The first-order valence-corrected chi connectivity index (χ1v) is 21.7. The van der Waals surface area contributed by atoms with Crippen LogP contribution in [0.4, 0.5) is 68.2 Å². The van der Waals surface area contributed by atoms with Gasteiger partial charge in [0.05, 0.1) is 11.4 Å². The smallest absolute Gasteiger partial charge is 0.252 e. The highest BCUT2D eigenvalue weighted by atomic mass is 16.5. The number of hydrogen-bond acceptors (Lipinski definition) is 5. The van der Waals surface area contributed by atoms with E-state index in [0.29, 0.717) is 0 Å². The third-order valence-electron chi connectivity index (χ3n) is 14.8. The van der Waals surface area contributed by atoms with Crippen molar-refractivity contribution in [1.29, 1.82) is 0 Å². The van der Waals surface area contributed by atoms with Crippen LogP contribution in [0, 0.1) is 0 Å². The predicted molar refractivity (Wildman–Crippen MR) is 259 cm³/mol. The summed E-state index contributed by atoms with van der Waals surface area (Å²) in [4.78, 5) is 10.3. The van der Waals surface area contributed by atoms with Gasteiger partial charge in [0.25, 0.3) is 20.1 Å². The molecule has 0 aliphatic carbocycles. The van der Waals surface area contributed by atoms with Crippen LogP contribution in [0.15, 0.2) is 188 Å². The fourth-order valence-corrected chi connectivity index (χ4v) is 12.6. The Labute approximate surface area is 359 Å². The van der Waals surface area contributed by atoms with Crippen LogP contribution >= 0.6 is 0 Å². The highest BCUT2D eigenvalue weighted by Gasteiger charge is 2.57. The highest BCUT2D eigenvalue weighted by Crippen LogP contribution is 2.55. The van der Waals surface area contributed by atoms with Gasteiger partial charge in [-0.3, -0.25) is 0 Å². The minimum Gasteiger partial charge on any atom is -0.453 e. The fourth-order valence-electron chi connectivity index (χ4n) is 12.6. The van der Waals surface area contributed by atoms with Gasteiger partial charge in [-0.25, -0.2) is 0 Å². The lowest BCUT2D eigenvalue weighted by Gasteiger charge is -2.55. The van der Waals surface area contributed by atoms with E-state index in [4.69, 9.17) is 4.74 Å². The molecule has 0 fully saturated rings. The van der Waals surface area contributed by atoms with Gasteiger partial charge in [0.1, 0.15) is 0 Å². The van der Waals surface area contributed by atoms with Gasteiger partial charge in [0.15, 0.2) is 11.5 Å². The maximum absolute atomic E-state index is 7.01. The van der Waals surface area contributed by atoms with Crippen molar-refractivity contribution < 1.29 is 4.74 Å². The van der Waals surface area contributed by atoms with Crippen molar-refractivity contribution in [3.05, 3.63) is 188 Å². The highest BCUT2D eigenvalue weighted by molar-refractivity contribution is 7.09. The van der Waals surface area contributed by atoms with E-state index in [1.54, 1.807) is 0 Å². The Hall–Kier alpha value is -7.83. The van der Waals surface area contributed by atoms with E-state index in [9.17, 15) is 0 Å². The first-order chi connectivity index (χ1) is 30.8. The van der Waals surface area contributed by atoms with E-state index in [1.807, 2.05) is 0 Å². The molecule has 9 aromatic rings. The normalized spacial score (nSPS) is 15.0.